The quantitative estimate of drug-likeness (QED) is 0.270. The zero-order valence-electron chi connectivity index (χ0n) is 17.3. The molecule has 0 atom stereocenters. The molecule has 3 aromatic heterocycles. The van der Waals surface area contributed by atoms with Gasteiger partial charge in [0.05, 0.1) is 11.9 Å². The Bertz CT molecular complexity index is 1180. The normalized spacial score (nSPS) is 10.9. The molecule has 5 nitrogen and oxygen atoms in total. The third-order valence-electron chi connectivity index (χ3n) is 4.59. The summed E-state index contributed by atoms with van der Waals surface area (Å²) in [6.07, 6.45) is 8.20. The van der Waals surface area contributed by atoms with Gasteiger partial charge in [-0.15, -0.1) is 11.3 Å². The van der Waals surface area contributed by atoms with Crippen molar-refractivity contribution in [2.75, 3.05) is 18.8 Å². The summed E-state index contributed by atoms with van der Waals surface area (Å²) in [6, 6.07) is 16.3. The highest BCUT2D eigenvalue weighted by atomic mass is 32.2. The van der Waals surface area contributed by atoms with Crippen LogP contribution >= 0.6 is 23.3 Å². The highest BCUT2D eigenvalue weighted by Crippen LogP contribution is 2.36. The van der Waals surface area contributed by atoms with Gasteiger partial charge >= 0.3 is 0 Å². The second kappa shape index (κ2) is 9.87. The maximum atomic E-state index is 11.4. The highest BCUT2D eigenvalue weighted by molar-refractivity contribution is 8.00. The molecule has 0 saturated carbocycles. The van der Waals surface area contributed by atoms with E-state index in [4.69, 9.17) is 0 Å². The molecule has 0 aliphatic carbocycles. The highest BCUT2D eigenvalue weighted by Gasteiger charge is 2.10. The van der Waals surface area contributed by atoms with Gasteiger partial charge in [-0.1, -0.05) is 12.1 Å². The van der Waals surface area contributed by atoms with Crippen LogP contribution in [0.25, 0.3) is 20.9 Å². The maximum absolute atomic E-state index is 11.4. The van der Waals surface area contributed by atoms with Gasteiger partial charge in [-0.3, -0.25) is 14.8 Å². The van der Waals surface area contributed by atoms with Crippen molar-refractivity contribution in [2.24, 2.45) is 0 Å². The van der Waals surface area contributed by atoms with Crippen molar-refractivity contribution in [3.05, 3.63) is 84.4 Å². The molecule has 4 rings (SSSR count). The fourth-order valence-electron chi connectivity index (χ4n) is 3.16. The van der Waals surface area contributed by atoms with Crippen LogP contribution in [0, 0.1) is 0 Å². The van der Waals surface area contributed by atoms with Crippen LogP contribution in [-0.2, 0) is 6.54 Å². The number of thiophene rings is 1. The van der Waals surface area contributed by atoms with Gasteiger partial charge in [0.25, 0.3) is 0 Å². The number of carbonyl (C=O) groups excluding carboxylic acids is 1. The summed E-state index contributed by atoms with van der Waals surface area (Å²) < 4.78 is 3.33. The van der Waals surface area contributed by atoms with Crippen LogP contribution in [-0.4, -0.2) is 35.2 Å². The van der Waals surface area contributed by atoms with Gasteiger partial charge in [0, 0.05) is 50.9 Å². The van der Waals surface area contributed by atoms with E-state index in [9.17, 15) is 4.79 Å². The molecule has 0 spiro atoms. The summed E-state index contributed by atoms with van der Waals surface area (Å²) in [5, 5.41) is 0. The summed E-state index contributed by atoms with van der Waals surface area (Å²) in [6.45, 7) is 0.729. The average molecular weight is 447 g/mol. The number of pyridine rings is 2. The molecule has 0 unspecified atom stereocenters. The van der Waals surface area contributed by atoms with Gasteiger partial charge in [-0.25, -0.2) is 0 Å². The Labute approximate surface area is 190 Å². The largest absolute Gasteiger partial charge is 0.324 e. The third kappa shape index (κ3) is 5.38. The molecule has 1 N–H and O–H groups in total. The number of carbonyl (C=O) groups is 1. The Hall–Kier alpha value is -3.00. The van der Waals surface area contributed by atoms with Crippen LogP contribution in [0.15, 0.2) is 78.2 Å². The third-order valence-corrected chi connectivity index (χ3v) is 6.59. The maximum Gasteiger partial charge on any atom is 0.150 e. The number of hydrogen-bond acceptors (Lipinski definition) is 7. The lowest BCUT2D eigenvalue weighted by Crippen LogP contribution is -2.12. The van der Waals surface area contributed by atoms with Gasteiger partial charge in [-0.05, 0) is 73.6 Å². The van der Waals surface area contributed by atoms with Gasteiger partial charge in [0.1, 0.15) is 6.29 Å². The first-order valence-corrected chi connectivity index (χ1v) is 11.4. The monoisotopic (exact) mass is 446 g/mol. The summed E-state index contributed by atoms with van der Waals surface area (Å²) >= 11 is 3.22. The van der Waals surface area contributed by atoms with Crippen LogP contribution in [0.1, 0.15) is 15.9 Å². The van der Waals surface area contributed by atoms with E-state index in [2.05, 4.69) is 43.9 Å². The predicted molar refractivity (Wildman–Crippen MR) is 129 cm³/mol. The van der Waals surface area contributed by atoms with Crippen LogP contribution in [0.5, 0.6) is 0 Å². The molecule has 3 heterocycles. The van der Waals surface area contributed by atoms with Gasteiger partial charge in [0.2, 0.25) is 0 Å². The Balaban J connectivity index is 1.54. The standard InChI is InChI=1S/C24H22N4OS2/c1-28(2)15-20-10-17(5-6-18(20)16-29)23-7-8-24(30-23)19-11-21(13-26-12-19)27-31-22-4-3-9-25-14-22/h3-14,16,27H,15H2,1-2H3. The molecule has 0 radical (unpaired) electrons. The number of hydrogen-bond donors (Lipinski definition) is 1. The minimum absolute atomic E-state index is 0.729. The summed E-state index contributed by atoms with van der Waals surface area (Å²) in [4.78, 5) is 25.3. The summed E-state index contributed by atoms with van der Waals surface area (Å²) in [5.41, 5.74) is 4.89. The van der Waals surface area contributed by atoms with E-state index >= 15 is 0 Å². The summed E-state index contributed by atoms with van der Waals surface area (Å²) in [7, 11) is 4.01. The van der Waals surface area contributed by atoms with Crippen molar-refractivity contribution in [3.63, 3.8) is 0 Å². The molecule has 0 aliphatic rings. The molecule has 156 valence electrons. The molecule has 7 heteroatoms. The zero-order chi connectivity index (χ0) is 21.6. The van der Waals surface area contributed by atoms with E-state index in [0.717, 1.165) is 55.4 Å². The number of anilines is 1. The molecular weight excluding hydrogens is 424 g/mol. The van der Waals surface area contributed by atoms with E-state index < -0.39 is 0 Å². The molecule has 0 amide bonds. The van der Waals surface area contributed by atoms with E-state index in [0.29, 0.717) is 0 Å². The number of aldehydes is 1. The predicted octanol–water partition coefficient (Wildman–Crippen LogP) is 5.87. The molecule has 0 bridgehead atoms. The minimum atomic E-state index is 0.729. The van der Waals surface area contributed by atoms with Crippen molar-refractivity contribution < 1.29 is 4.79 Å². The van der Waals surface area contributed by atoms with Crippen molar-refractivity contribution in [1.29, 1.82) is 0 Å². The topological polar surface area (TPSA) is 58.1 Å². The lowest BCUT2D eigenvalue weighted by atomic mass is 10.0. The molecule has 0 fully saturated rings. The smallest absolute Gasteiger partial charge is 0.150 e. The van der Waals surface area contributed by atoms with E-state index in [1.165, 1.54) is 11.9 Å². The molecular formula is C24H22N4OS2. The first-order valence-electron chi connectivity index (χ1n) is 9.74. The van der Waals surface area contributed by atoms with Crippen LogP contribution in [0.2, 0.25) is 0 Å². The average Bonchev–Trinajstić information content (AvgIpc) is 3.29. The SMILES string of the molecule is CN(C)Cc1cc(-c2ccc(-c3cncc(NSc4cccnc4)c3)s2)ccc1C=O. The lowest BCUT2D eigenvalue weighted by molar-refractivity contribution is 0.112. The minimum Gasteiger partial charge on any atom is -0.324 e. The first-order chi connectivity index (χ1) is 15.1. The Morgan fingerprint density at radius 3 is 2.58 bits per heavy atom. The Morgan fingerprint density at radius 2 is 1.84 bits per heavy atom. The van der Waals surface area contributed by atoms with Gasteiger partial charge in [-0.2, -0.15) is 0 Å². The number of benzene rings is 1. The molecule has 0 saturated heterocycles. The number of rotatable bonds is 8. The van der Waals surface area contributed by atoms with E-state index in [1.807, 2.05) is 57.0 Å². The molecule has 0 aliphatic heterocycles. The van der Waals surface area contributed by atoms with Crippen molar-refractivity contribution in [2.45, 2.75) is 11.4 Å². The zero-order valence-corrected chi connectivity index (χ0v) is 18.9. The summed E-state index contributed by atoms with van der Waals surface area (Å²) in [5.74, 6) is 0. The van der Waals surface area contributed by atoms with Gasteiger partial charge in [0.15, 0.2) is 0 Å². The molecule has 4 aromatic rings. The van der Waals surface area contributed by atoms with Crippen LogP contribution in [0.3, 0.4) is 0 Å². The second-order valence-electron chi connectivity index (χ2n) is 7.29. The van der Waals surface area contributed by atoms with Gasteiger partial charge < -0.3 is 9.62 Å². The first kappa shape index (κ1) is 21.2. The Morgan fingerprint density at radius 1 is 1.00 bits per heavy atom. The van der Waals surface area contributed by atoms with Crippen molar-refractivity contribution >= 4 is 35.3 Å². The Kier molecular flexibility index (Phi) is 6.76. The van der Waals surface area contributed by atoms with E-state index in [-0.39, 0.29) is 0 Å². The van der Waals surface area contributed by atoms with Crippen molar-refractivity contribution in [3.8, 4) is 20.9 Å². The second-order valence-corrected chi connectivity index (χ2v) is 9.25. The number of nitrogens with one attached hydrogen (secondary N) is 1. The fourth-order valence-corrected chi connectivity index (χ4v) is 4.75. The molecule has 1 aromatic carbocycles. The molecule has 31 heavy (non-hydrogen) atoms. The number of nitrogens with zero attached hydrogens (tertiary/aromatic N) is 3. The lowest BCUT2D eigenvalue weighted by Gasteiger charge is -2.12. The van der Waals surface area contributed by atoms with Crippen molar-refractivity contribution in [1.82, 2.24) is 14.9 Å². The van der Waals surface area contributed by atoms with Crippen LogP contribution in [0.4, 0.5) is 5.69 Å². The number of aromatic nitrogens is 2. The fraction of sp³-hybridized carbons (Fsp3) is 0.125. The van der Waals surface area contributed by atoms with Crippen LogP contribution < -0.4 is 4.72 Å². The van der Waals surface area contributed by atoms with E-state index in [1.54, 1.807) is 17.5 Å².